The third-order valence-corrected chi connectivity index (χ3v) is 3.12. The normalized spacial score (nSPS) is 10.5. The van der Waals surface area contributed by atoms with Crippen molar-refractivity contribution in [3.8, 4) is 0 Å². The van der Waals surface area contributed by atoms with Crippen LogP contribution in [0.3, 0.4) is 0 Å². The maximum Gasteiger partial charge on any atom is 0.128 e. The second-order valence-corrected chi connectivity index (χ2v) is 4.96. The highest BCUT2D eigenvalue weighted by Gasteiger charge is 2.00. The van der Waals surface area contributed by atoms with Crippen molar-refractivity contribution in [2.24, 2.45) is 0 Å². The van der Waals surface area contributed by atoms with Gasteiger partial charge >= 0.3 is 0 Å². The van der Waals surface area contributed by atoms with E-state index in [0.717, 1.165) is 5.56 Å². The van der Waals surface area contributed by atoms with Gasteiger partial charge in [0, 0.05) is 9.13 Å². The van der Waals surface area contributed by atoms with Crippen LogP contribution in [0.2, 0.25) is 0 Å². The number of ether oxygens (including phenoxy) is 1. The highest BCUT2D eigenvalue weighted by Crippen LogP contribution is 2.11. The predicted molar refractivity (Wildman–Crippen MR) is 74.1 cm³/mol. The van der Waals surface area contributed by atoms with Gasteiger partial charge in [0.1, 0.15) is 5.82 Å². The first kappa shape index (κ1) is 12.5. The molecular weight excluding hydrogens is 330 g/mol. The molecule has 2 aromatic carbocycles. The van der Waals surface area contributed by atoms with Crippen molar-refractivity contribution in [2.45, 2.75) is 13.2 Å². The van der Waals surface area contributed by atoms with Gasteiger partial charge < -0.3 is 4.74 Å². The lowest BCUT2D eigenvalue weighted by Crippen LogP contribution is -1.96. The standard InChI is InChI=1S/C14H12FIO/c15-14-4-2-1-3-12(14)10-17-9-11-5-7-13(16)8-6-11/h1-8H,9-10H2. The summed E-state index contributed by atoms with van der Waals surface area (Å²) in [6.07, 6.45) is 0. The summed E-state index contributed by atoms with van der Waals surface area (Å²) in [6.45, 7) is 0.809. The van der Waals surface area contributed by atoms with Gasteiger partial charge in [-0.25, -0.2) is 4.39 Å². The third kappa shape index (κ3) is 3.78. The maximum atomic E-state index is 13.3. The van der Waals surface area contributed by atoms with Gasteiger partial charge in [-0.2, -0.15) is 0 Å². The summed E-state index contributed by atoms with van der Waals surface area (Å²) in [7, 11) is 0. The second-order valence-electron chi connectivity index (χ2n) is 3.71. The number of rotatable bonds is 4. The van der Waals surface area contributed by atoms with Crippen molar-refractivity contribution in [3.63, 3.8) is 0 Å². The summed E-state index contributed by atoms with van der Waals surface area (Å²) >= 11 is 2.26. The van der Waals surface area contributed by atoms with Gasteiger partial charge in [0.05, 0.1) is 13.2 Å². The van der Waals surface area contributed by atoms with Crippen LogP contribution in [0.4, 0.5) is 4.39 Å². The van der Waals surface area contributed by atoms with Gasteiger partial charge in [0.2, 0.25) is 0 Å². The fraction of sp³-hybridized carbons (Fsp3) is 0.143. The van der Waals surface area contributed by atoms with Crippen LogP contribution in [0.1, 0.15) is 11.1 Å². The van der Waals surface area contributed by atoms with Gasteiger partial charge in [-0.3, -0.25) is 0 Å². The molecule has 0 radical (unpaired) electrons. The summed E-state index contributed by atoms with van der Waals surface area (Å²) in [4.78, 5) is 0. The molecule has 0 aliphatic rings. The molecule has 0 fully saturated rings. The molecule has 0 atom stereocenters. The van der Waals surface area contributed by atoms with E-state index in [1.165, 1.54) is 9.64 Å². The van der Waals surface area contributed by atoms with E-state index < -0.39 is 0 Å². The molecule has 0 unspecified atom stereocenters. The molecule has 0 spiro atoms. The Morgan fingerprint density at radius 2 is 1.65 bits per heavy atom. The molecular formula is C14H12FIO. The smallest absolute Gasteiger partial charge is 0.128 e. The SMILES string of the molecule is Fc1ccccc1COCc1ccc(I)cc1. The van der Waals surface area contributed by atoms with Gasteiger partial charge in [-0.05, 0) is 46.4 Å². The molecule has 88 valence electrons. The molecule has 0 bridgehead atoms. The van der Waals surface area contributed by atoms with Crippen molar-refractivity contribution in [1.29, 1.82) is 0 Å². The summed E-state index contributed by atoms with van der Waals surface area (Å²) in [5, 5.41) is 0. The Morgan fingerprint density at radius 3 is 2.35 bits per heavy atom. The lowest BCUT2D eigenvalue weighted by molar-refractivity contribution is 0.105. The Hall–Kier alpha value is -0.940. The predicted octanol–water partition coefficient (Wildman–Crippen LogP) is 4.15. The van der Waals surface area contributed by atoms with E-state index in [1.54, 1.807) is 12.1 Å². The fourth-order valence-electron chi connectivity index (χ4n) is 1.47. The van der Waals surface area contributed by atoms with Crippen LogP contribution in [0.25, 0.3) is 0 Å². The Morgan fingerprint density at radius 1 is 0.941 bits per heavy atom. The summed E-state index contributed by atoms with van der Waals surface area (Å²) in [6, 6.07) is 14.8. The van der Waals surface area contributed by atoms with Crippen LogP contribution in [0.5, 0.6) is 0 Å². The molecule has 0 saturated carbocycles. The van der Waals surface area contributed by atoms with Crippen molar-refractivity contribution in [1.82, 2.24) is 0 Å². The highest BCUT2D eigenvalue weighted by atomic mass is 127. The Kier molecular flexibility index (Phi) is 4.50. The molecule has 0 amide bonds. The van der Waals surface area contributed by atoms with Crippen LogP contribution in [-0.2, 0) is 18.0 Å². The zero-order valence-corrected chi connectivity index (χ0v) is 11.4. The minimum Gasteiger partial charge on any atom is -0.372 e. The van der Waals surface area contributed by atoms with Crippen LogP contribution in [0, 0.1) is 9.39 Å². The molecule has 0 saturated heterocycles. The largest absolute Gasteiger partial charge is 0.372 e. The topological polar surface area (TPSA) is 9.23 Å². The molecule has 0 aromatic heterocycles. The minimum absolute atomic E-state index is 0.213. The van der Waals surface area contributed by atoms with Gasteiger partial charge in [-0.15, -0.1) is 0 Å². The quantitative estimate of drug-likeness (QED) is 0.759. The zero-order chi connectivity index (χ0) is 12.1. The number of benzene rings is 2. The summed E-state index contributed by atoms with van der Waals surface area (Å²) in [5.41, 5.74) is 1.69. The van der Waals surface area contributed by atoms with Crippen molar-refractivity contribution in [2.75, 3.05) is 0 Å². The van der Waals surface area contributed by atoms with E-state index in [-0.39, 0.29) is 5.82 Å². The molecule has 2 aromatic rings. The lowest BCUT2D eigenvalue weighted by Gasteiger charge is -2.05. The van der Waals surface area contributed by atoms with Gasteiger partial charge in [-0.1, -0.05) is 30.3 Å². The molecule has 0 aliphatic carbocycles. The maximum absolute atomic E-state index is 13.3. The van der Waals surface area contributed by atoms with E-state index >= 15 is 0 Å². The lowest BCUT2D eigenvalue weighted by atomic mass is 10.2. The fourth-order valence-corrected chi connectivity index (χ4v) is 1.83. The molecule has 17 heavy (non-hydrogen) atoms. The van der Waals surface area contributed by atoms with E-state index in [1.807, 2.05) is 30.3 Å². The van der Waals surface area contributed by atoms with E-state index in [0.29, 0.717) is 18.8 Å². The Balaban J connectivity index is 1.88. The summed E-state index contributed by atoms with van der Waals surface area (Å²) < 4.78 is 20.0. The first-order valence-electron chi connectivity index (χ1n) is 5.31. The third-order valence-electron chi connectivity index (χ3n) is 2.40. The van der Waals surface area contributed by atoms with Crippen LogP contribution in [0.15, 0.2) is 48.5 Å². The number of halogens is 2. The van der Waals surface area contributed by atoms with E-state index in [2.05, 4.69) is 22.6 Å². The van der Waals surface area contributed by atoms with Crippen molar-refractivity contribution >= 4 is 22.6 Å². The molecule has 0 N–H and O–H groups in total. The van der Waals surface area contributed by atoms with Gasteiger partial charge in [0.25, 0.3) is 0 Å². The van der Waals surface area contributed by atoms with E-state index in [4.69, 9.17) is 4.74 Å². The molecule has 0 aliphatic heterocycles. The highest BCUT2D eigenvalue weighted by molar-refractivity contribution is 14.1. The minimum atomic E-state index is -0.213. The number of hydrogen-bond acceptors (Lipinski definition) is 1. The first-order chi connectivity index (χ1) is 8.25. The first-order valence-corrected chi connectivity index (χ1v) is 6.39. The second kappa shape index (κ2) is 6.12. The Labute approximate surface area is 114 Å². The average Bonchev–Trinajstić information content (AvgIpc) is 2.34. The molecule has 2 rings (SSSR count). The summed E-state index contributed by atoms with van der Waals surface area (Å²) in [5.74, 6) is -0.213. The van der Waals surface area contributed by atoms with Crippen molar-refractivity contribution in [3.05, 3.63) is 69.0 Å². The Bertz CT molecular complexity index is 482. The molecule has 3 heteroatoms. The molecule has 1 nitrogen and oxygen atoms in total. The van der Waals surface area contributed by atoms with Crippen LogP contribution in [-0.4, -0.2) is 0 Å². The van der Waals surface area contributed by atoms with E-state index in [9.17, 15) is 4.39 Å². The van der Waals surface area contributed by atoms with Crippen LogP contribution < -0.4 is 0 Å². The number of hydrogen-bond donors (Lipinski definition) is 0. The molecule has 0 heterocycles. The van der Waals surface area contributed by atoms with Crippen LogP contribution >= 0.6 is 22.6 Å². The zero-order valence-electron chi connectivity index (χ0n) is 9.20. The van der Waals surface area contributed by atoms with Crippen molar-refractivity contribution < 1.29 is 9.13 Å². The monoisotopic (exact) mass is 342 g/mol. The average molecular weight is 342 g/mol. The van der Waals surface area contributed by atoms with Gasteiger partial charge in [0.15, 0.2) is 0 Å².